The van der Waals surface area contributed by atoms with E-state index in [0.717, 1.165) is 0 Å². The number of rotatable bonds is 26. The van der Waals surface area contributed by atoms with Gasteiger partial charge in [0.05, 0.1) is 12.1 Å². The van der Waals surface area contributed by atoms with Gasteiger partial charge in [0.1, 0.15) is 48.0 Å². The minimum Gasteiger partial charge on any atom is -0.508 e. The van der Waals surface area contributed by atoms with Crippen molar-refractivity contribution in [3.05, 3.63) is 65.7 Å². The number of phenols is 1. The fourth-order valence-corrected chi connectivity index (χ4v) is 8.91. The summed E-state index contributed by atoms with van der Waals surface area (Å²) in [5, 5.41) is 54.0. The molecule has 72 heavy (non-hydrogen) atoms. The molecule has 22 nitrogen and oxygen atoms in total. The van der Waals surface area contributed by atoms with E-state index in [2.05, 4.69) is 31.9 Å². The fourth-order valence-electron chi connectivity index (χ4n) is 8.91. The summed E-state index contributed by atoms with van der Waals surface area (Å²) in [6.07, 6.45) is 0.812. The lowest BCUT2D eigenvalue weighted by atomic mass is 9.96. The maximum atomic E-state index is 14.6. The number of carboxylic acid groups (broad SMARTS) is 1. The van der Waals surface area contributed by atoms with Crippen molar-refractivity contribution in [3.63, 3.8) is 0 Å². The normalized spacial score (nSPS) is 18.8. The van der Waals surface area contributed by atoms with E-state index in [0.29, 0.717) is 30.4 Å². The summed E-state index contributed by atoms with van der Waals surface area (Å²) in [6, 6.07) is 5.33. The molecule has 2 aromatic rings. The maximum absolute atomic E-state index is 14.6. The molecule has 10 atom stereocenters. The van der Waals surface area contributed by atoms with Crippen LogP contribution >= 0.6 is 0 Å². The molecule has 22 heteroatoms. The number of benzene rings is 2. The highest BCUT2D eigenvalue weighted by atomic mass is 16.4. The molecule has 0 unspecified atom stereocenters. The van der Waals surface area contributed by atoms with Gasteiger partial charge in [0, 0.05) is 26.1 Å². The summed E-state index contributed by atoms with van der Waals surface area (Å²) >= 11 is 0. The number of aliphatic hydroxyl groups is 1. The summed E-state index contributed by atoms with van der Waals surface area (Å²) in [5.41, 5.74) is 13.0. The molecule has 2 saturated heterocycles. The van der Waals surface area contributed by atoms with Gasteiger partial charge in [-0.1, -0.05) is 76.6 Å². The number of aromatic hydroxyl groups is 1. The predicted octanol–water partition coefficient (Wildman–Crippen LogP) is -0.268. The summed E-state index contributed by atoms with van der Waals surface area (Å²) in [4.78, 5) is 113. The van der Waals surface area contributed by atoms with E-state index in [-0.39, 0.29) is 82.2 Å². The molecule has 0 bridgehead atoms. The number of phenolic OH excluding ortho intramolecular Hbond substituents is 1. The first-order valence-corrected chi connectivity index (χ1v) is 24.8. The van der Waals surface area contributed by atoms with E-state index in [9.17, 15) is 53.7 Å². The Kier molecular flexibility index (Phi) is 22.2. The van der Waals surface area contributed by atoms with Crippen LogP contribution in [-0.4, -0.2) is 152 Å². The van der Waals surface area contributed by atoms with Crippen LogP contribution in [0.25, 0.3) is 0 Å². The van der Waals surface area contributed by atoms with Crippen molar-refractivity contribution in [1.29, 1.82) is 5.41 Å². The SMILES string of the molecule is CC[C@H](C)[C@H](NC(=O)[C@@H]1CCCN1C(=O)[C@H](CCCNC(=N)N)NC(=O)[C@@H]1CCCN1C(=O)[C@@H](NC(=O)[C@@H](N)Cc1ccc(O)cc1)[C@@H](C)O)C(=O)N[C@@H](CC(C)C)C(=O)N[C@@H](Cc1ccccc1)C(=O)O. The quantitative estimate of drug-likeness (QED) is 0.0328. The topological polar surface area (TPSA) is 352 Å². The zero-order valence-corrected chi connectivity index (χ0v) is 41.9. The third-order valence-electron chi connectivity index (χ3n) is 13.1. The van der Waals surface area contributed by atoms with Gasteiger partial charge < -0.3 is 68.5 Å². The molecule has 2 aliphatic rings. The molecular weight excluding hydrogens is 931 g/mol. The van der Waals surface area contributed by atoms with Gasteiger partial charge in [-0.25, -0.2) is 4.79 Å². The average molecular weight is 1010 g/mol. The molecule has 0 saturated carbocycles. The smallest absolute Gasteiger partial charge is 0.326 e. The highest BCUT2D eigenvalue weighted by Gasteiger charge is 2.43. The molecule has 2 heterocycles. The monoisotopic (exact) mass is 1010 g/mol. The van der Waals surface area contributed by atoms with Crippen LogP contribution in [0.1, 0.15) is 97.1 Å². The Morgan fingerprint density at radius 2 is 1.28 bits per heavy atom. The van der Waals surface area contributed by atoms with Crippen LogP contribution in [0.5, 0.6) is 5.75 Å². The molecule has 2 fully saturated rings. The van der Waals surface area contributed by atoms with Crippen LogP contribution in [0, 0.1) is 17.2 Å². The van der Waals surface area contributed by atoms with Gasteiger partial charge in [-0.05, 0) is 93.4 Å². The Labute approximate surface area is 420 Å². The van der Waals surface area contributed by atoms with Crippen molar-refractivity contribution in [2.75, 3.05) is 19.6 Å². The standard InChI is InChI=1S/C50H75N11O11/c1-6-29(4)40(46(68)56-36(25-28(2)3)43(65)57-37(49(71)72)27-31-13-8-7-9-14-31)58-45(67)39-17-11-23-60(39)47(69)35(15-10-22-54-50(52)53)55-44(66)38-16-12-24-61(38)48(70)41(30(5)62)59-42(64)34(51)26-32-18-20-33(63)21-19-32/h7-9,13-14,18-21,28-30,34-41,62-63H,6,10-12,15-17,22-27,51H2,1-5H3,(H,55,66)(H,56,68)(H,57,65)(H,58,67)(H,59,64)(H,71,72)(H4,52,53,54)/t29-,30+,34-,35-,36-,37-,38-,39-,40-,41-/m0/s1. The molecule has 2 aliphatic heterocycles. The van der Waals surface area contributed by atoms with Crippen LogP contribution in [0.15, 0.2) is 54.6 Å². The second-order valence-electron chi connectivity index (χ2n) is 19.3. The van der Waals surface area contributed by atoms with E-state index in [4.69, 9.17) is 16.9 Å². The van der Waals surface area contributed by atoms with E-state index < -0.39 is 108 Å². The molecule has 14 N–H and O–H groups in total. The van der Waals surface area contributed by atoms with Crippen LogP contribution in [0.2, 0.25) is 0 Å². The van der Waals surface area contributed by atoms with E-state index in [1.165, 1.54) is 28.9 Å². The van der Waals surface area contributed by atoms with Crippen molar-refractivity contribution in [2.45, 2.75) is 153 Å². The number of likely N-dealkylation sites (tertiary alicyclic amines) is 2. The minimum absolute atomic E-state index is 0.0113. The van der Waals surface area contributed by atoms with Crippen molar-refractivity contribution in [2.24, 2.45) is 23.3 Å². The van der Waals surface area contributed by atoms with Gasteiger partial charge in [-0.2, -0.15) is 0 Å². The van der Waals surface area contributed by atoms with Gasteiger partial charge in [-0.15, -0.1) is 0 Å². The third kappa shape index (κ3) is 16.9. The number of amides is 7. The average Bonchev–Trinajstić information content (AvgIpc) is 4.04. The second kappa shape index (κ2) is 27.7. The van der Waals surface area contributed by atoms with Gasteiger partial charge in [0.2, 0.25) is 41.4 Å². The Balaban J connectivity index is 1.49. The highest BCUT2D eigenvalue weighted by molar-refractivity contribution is 5.98. The minimum atomic E-state index is -1.47. The van der Waals surface area contributed by atoms with Crippen LogP contribution in [0.3, 0.4) is 0 Å². The summed E-state index contributed by atoms with van der Waals surface area (Å²) in [5.74, 6) is -6.81. The molecule has 7 amide bonds. The lowest BCUT2D eigenvalue weighted by Gasteiger charge is -2.33. The first-order valence-electron chi connectivity index (χ1n) is 24.8. The molecule has 0 spiro atoms. The van der Waals surface area contributed by atoms with Gasteiger partial charge in [-0.3, -0.25) is 39.0 Å². The molecule has 0 aromatic heterocycles. The number of nitrogens with one attached hydrogen (secondary N) is 7. The predicted molar refractivity (Wildman–Crippen MR) is 266 cm³/mol. The lowest BCUT2D eigenvalue weighted by molar-refractivity contribution is -0.146. The molecule has 396 valence electrons. The molecule has 2 aromatic carbocycles. The lowest BCUT2D eigenvalue weighted by Crippen LogP contribution is -2.61. The Hall–Kier alpha value is -6.81. The Morgan fingerprint density at radius 1 is 0.708 bits per heavy atom. The molecule has 0 radical (unpaired) electrons. The van der Waals surface area contributed by atoms with Gasteiger partial charge in [0.25, 0.3) is 0 Å². The van der Waals surface area contributed by atoms with Crippen molar-refractivity contribution < 1.29 is 53.7 Å². The maximum Gasteiger partial charge on any atom is 0.326 e. The number of nitrogens with zero attached hydrogens (tertiary/aromatic N) is 2. The third-order valence-corrected chi connectivity index (χ3v) is 13.1. The number of carbonyl (C=O) groups excluding carboxylic acids is 7. The molecule has 0 aliphatic carbocycles. The summed E-state index contributed by atoms with van der Waals surface area (Å²) in [6.45, 7) is 9.00. The van der Waals surface area contributed by atoms with Crippen LogP contribution in [0.4, 0.5) is 0 Å². The van der Waals surface area contributed by atoms with E-state index >= 15 is 0 Å². The second-order valence-corrected chi connectivity index (χ2v) is 19.3. The van der Waals surface area contributed by atoms with Crippen LogP contribution in [-0.2, 0) is 51.2 Å². The number of carboxylic acids is 1. The van der Waals surface area contributed by atoms with Crippen molar-refractivity contribution in [1.82, 2.24) is 41.7 Å². The summed E-state index contributed by atoms with van der Waals surface area (Å²) < 4.78 is 0. The Morgan fingerprint density at radius 3 is 1.83 bits per heavy atom. The molecule has 4 rings (SSSR count). The fraction of sp³-hybridized carbons (Fsp3) is 0.580. The highest BCUT2D eigenvalue weighted by Crippen LogP contribution is 2.24. The number of nitrogens with two attached hydrogens (primary N) is 2. The Bertz CT molecular complexity index is 2200. The first kappa shape index (κ1) is 57.8. The zero-order chi connectivity index (χ0) is 53.2. The van der Waals surface area contributed by atoms with Crippen molar-refractivity contribution in [3.8, 4) is 5.75 Å². The zero-order valence-electron chi connectivity index (χ0n) is 41.9. The first-order chi connectivity index (χ1) is 34.1. The van der Waals surface area contributed by atoms with Crippen molar-refractivity contribution >= 4 is 53.3 Å². The largest absolute Gasteiger partial charge is 0.508 e. The van der Waals surface area contributed by atoms with E-state index in [1.54, 1.807) is 49.4 Å². The van der Waals surface area contributed by atoms with E-state index in [1.807, 2.05) is 20.8 Å². The number of hydrogen-bond donors (Lipinski definition) is 12. The number of guanidine groups is 1. The number of aliphatic hydroxyl groups excluding tert-OH is 1. The summed E-state index contributed by atoms with van der Waals surface area (Å²) in [7, 11) is 0. The number of aliphatic carboxylic acids is 1. The molecular formula is C50H75N11O11. The van der Waals surface area contributed by atoms with Crippen LogP contribution < -0.4 is 43.4 Å². The van der Waals surface area contributed by atoms with Gasteiger partial charge in [0.15, 0.2) is 5.96 Å². The number of carbonyl (C=O) groups is 8. The van der Waals surface area contributed by atoms with Gasteiger partial charge >= 0.3 is 5.97 Å². The number of hydrogen-bond acceptors (Lipinski definition) is 12.